The van der Waals surface area contributed by atoms with E-state index in [4.69, 9.17) is 0 Å². The SMILES string of the molecule is C[C@H](NC(=O)Cn1c(=O)[nH]c2ccc(F)cc2c1=O)C1C=CC(F)=CC1F.[HH].[HH]. The van der Waals surface area contributed by atoms with E-state index >= 15 is 0 Å². The maximum atomic E-state index is 13.9. The first-order valence-electron chi connectivity index (χ1n) is 8.17. The first kappa shape index (κ1) is 18.7. The zero-order valence-electron chi connectivity index (χ0n) is 14.2. The van der Waals surface area contributed by atoms with Crippen LogP contribution < -0.4 is 16.6 Å². The lowest BCUT2D eigenvalue weighted by atomic mass is 9.91. The fraction of sp³-hybridized carbons (Fsp3) is 0.278. The number of amides is 1. The highest BCUT2D eigenvalue weighted by Crippen LogP contribution is 2.23. The van der Waals surface area contributed by atoms with Crippen molar-refractivity contribution in [2.45, 2.75) is 25.7 Å². The molecule has 27 heavy (non-hydrogen) atoms. The molecule has 0 fully saturated rings. The number of halogens is 3. The van der Waals surface area contributed by atoms with E-state index in [1.807, 2.05) is 0 Å². The molecule has 0 saturated heterocycles. The monoisotopic (exact) mass is 383 g/mol. The van der Waals surface area contributed by atoms with Crippen molar-refractivity contribution in [3.8, 4) is 0 Å². The Morgan fingerprint density at radius 2 is 2.11 bits per heavy atom. The fourth-order valence-electron chi connectivity index (χ4n) is 2.98. The molecule has 2 N–H and O–H groups in total. The average molecular weight is 383 g/mol. The van der Waals surface area contributed by atoms with Crippen molar-refractivity contribution in [3.63, 3.8) is 0 Å². The molecule has 1 aliphatic rings. The summed E-state index contributed by atoms with van der Waals surface area (Å²) in [5, 5.41) is 2.41. The molecule has 1 heterocycles. The highest BCUT2D eigenvalue weighted by molar-refractivity contribution is 5.79. The molecule has 1 aromatic carbocycles. The van der Waals surface area contributed by atoms with Crippen LogP contribution in [0.15, 0.2) is 51.8 Å². The first-order valence-corrected chi connectivity index (χ1v) is 8.17. The molecule has 3 atom stereocenters. The molecular formula is C18H20F3N3O3. The van der Waals surface area contributed by atoms with E-state index in [0.717, 1.165) is 24.3 Å². The van der Waals surface area contributed by atoms with Gasteiger partial charge in [-0.2, -0.15) is 0 Å². The van der Waals surface area contributed by atoms with Gasteiger partial charge in [0.2, 0.25) is 5.91 Å². The Morgan fingerprint density at radius 3 is 2.81 bits per heavy atom. The van der Waals surface area contributed by atoms with Gasteiger partial charge in [0.05, 0.1) is 10.9 Å². The Bertz CT molecular complexity index is 1080. The Balaban J connectivity index is 0.00000210. The molecular weight excluding hydrogens is 363 g/mol. The summed E-state index contributed by atoms with van der Waals surface area (Å²) >= 11 is 0. The predicted octanol–water partition coefficient (Wildman–Crippen LogP) is 2.20. The van der Waals surface area contributed by atoms with Crippen molar-refractivity contribution in [2.75, 3.05) is 0 Å². The van der Waals surface area contributed by atoms with Crippen LogP contribution in [0, 0.1) is 11.7 Å². The Morgan fingerprint density at radius 1 is 1.37 bits per heavy atom. The number of aromatic nitrogens is 2. The van der Waals surface area contributed by atoms with Gasteiger partial charge in [-0.15, -0.1) is 0 Å². The van der Waals surface area contributed by atoms with Crippen molar-refractivity contribution in [1.82, 2.24) is 14.9 Å². The summed E-state index contributed by atoms with van der Waals surface area (Å²) in [5.41, 5.74) is -1.49. The van der Waals surface area contributed by atoms with Gasteiger partial charge in [0, 0.05) is 14.8 Å². The number of benzene rings is 1. The minimum atomic E-state index is -1.61. The lowest BCUT2D eigenvalue weighted by Crippen LogP contribution is -2.46. The van der Waals surface area contributed by atoms with Crippen LogP contribution in [-0.2, 0) is 11.3 Å². The van der Waals surface area contributed by atoms with Crippen LogP contribution in [0.4, 0.5) is 13.2 Å². The zero-order valence-corrected chi connectivity index (χ0v) is 14.2. The lowest BCUT2D eigenvalue weighted by molar-refractivity contribution is -0.122. The molecule has 1 aromatic heterocycles. The fourth-order valence-corrected chi connectivity index (χ4v) is 2.98. The molecule has 146 valence electrons. The molecule has 1 amide bonds. The van der Waals surface area contributed by atoms with Crippen LogP contribution in [-0.4, -0.2) is 27.7 Å². The molecule has 0 bridgehead atoms. The highest BCUT2D eigenvalue weighted by atomic mass is 19.1. The summed E-state index contributed by atoms with van der Waals surface area (Å²) in [6.07, 6.45) is 1.61. The Kier molecular flexibility index (Phi) is 5.02. The summed E-state index contributed by atoms with van der Waals surface area (Å²) in [6, 6.07) is 2.61. The number of hydrogen-bond acceptors (Lipinski definition) is 3. The number of carbonyl (C=O) groups is 1. The minimum Gasteiger partial charge on any atom is -0.351 e. The van der Waals surface area contributed by atoms with Gasteiger partial charge in [-0.1, -0.05) is 6.08 Å². The van der Waals surface area contributed by atoms with Crippen molar-refractivity contribution in [1.29, 1.82) is 0 Å². The molecule has 6 nitrogen and oxygen atoms in total. The number of nitrogens with zero attached hydrogens (tertiary/aromatic N) is 1. The number of rotatable bonds is 4. The van der Waals surface area contributed by atoms with Gasteiger partial charge in [0.1, 0.15) is 24.4 Å². The maximum absolute atomic E-state index is 13.9. The molecule has 2 aromatic rings. The van der Waals surface area contributed by atoms with E-state index < -0.39 is 53.5 Å². The third-order valence-electron chi connectivity index (χ3n) is 4.38. The zero-order chi connectivity index (χ0) is 19.7. The Hall–Kier alpha value is -3.10. The summed E-state index contributed by atoms with van der Waals surface area (Å²) in [5.74, 6) is -2.84. The molecule has 9 heteroatoms. The number of allylic oxidation sites excluding steroid dienone is 3. The van der Waals surface area contributed by atoms with Gasteiger partial charge in [-0.3, -0.25) is 14.2 Å². The van der Waals surface area contributed by atoms with Crippen LogP contribution in [0.3, 0.4) is 0 Å². The topological polar surface area (TPSA) is 84.0 Å². The van der Waals surface area contributed by atoms with Crippen molar-refractivity contribution in [3.05, 3.63) is 68.9 Å². The summed E-state index contributed by atoms with van der Waals surface area (Å²) in [4.78, 5) is 39.1. The number of fused-ring (bicyclic) bond motifs is 1. The lowest BCUT2D eigenvalue weighted by Gasteiger charge is -2.25. The van der Waals surface area contributed by atoms with Gasteiger partial charge in [-0.25, -0.2) is 18.0 Å². The quantitative estimate of drug-likeness (QED) is 0.849. The summed E-state index contributed by atoms with van der Waals surface area (Å²) in [6.45, 7) is 0.905. The number of hydrogen-bond donors (Lipinski definition) is 2. The molecule has 0 aliphatic heterocycles. The second-order valence-electron chi connectivity index (χ2n) is 6.30. The second-order valence-corrected chi connectivity index (χ2v) is 6.30. The molecule has 3 rings (SSSR count). The van der Waals surface area contributed by atoms with Crippen LogP contribution in [0.25, 0.3) is 10.9 Å². The summed E-state index contributed by atoms with van der Waals surface area (Å²) < 4.78 is 40.9. The van der Waals surface area contributed by atoms with Crippen molar-refractivity contribution >= 4 is 16.8 Å². The predicted molar refractivity (Wildman–Crippen MR) is 97.3 cm³/mol. The number of carbonyl (C=O) groups excluding carboxylic acids is 1. The van der Waals surface area contributed by atoms with Gasteiger partial charge in [-0.05, 0) is 37.3 Å². The van der Waals surface area contributed by atoms with Crippen molar-refractivity contribution in [2.24, 2.45) is 5.92 Å². The molecule has 2 unspecified atom stereocenters. The van der Waals surface area contributed by atoms with E-state index in [0.29, 0.717) is 4.57 Å². The molecule has 0 radical (unpaired) electrons. The van der Waals surface area contributed by atoms with E-state index in [1.165, 1.54) is 19.1 Å². The average Bonchev–Trinajstić information content (AvgIpc) is 2.59. The molecule has 0 spiro atoms. The maximum Gasteiger partial charge on any atom is 0.329 e. The summed E-state index contributed by atoms with van der Waals surface area (Å²) in [7, 11) is 0. The van der Waals surface area contributed by atoms with E-state index in [9.17, 15) is 27.6 Å². The minimum absolute atomic E-state index is 0. The molecule has 1 aliphatic carbocycles. The number of aromatic amines is 1. The van der Waals surface area contributed by atoms with Crippen molar-refractivity contribution < 1.29 is 20.8 Å². The van der Waals surface area contributed by atoms with Gasteiger partial charge < -0.3 is 10.3 Å². The van der Waals surface area contributed by atoms with Gasteiger partial charge in [0.15, 0.2) is 0 Å². The largest absolute Gasteiger partial charge is 0.351 e. The van der Waals surface area contributed by atoms with Crippen LogP contribution in [0.1, 0.15) is 9.78 Å². The van der Waals surface area contributed by atoms with E-state index in [1.54, 1.807) is 0 Å². The van der Waals surface area contributed by atoms with E-state index in [-0.39, 0.29) is 13.8 Å². The van der Waals surface area contributed by atoms with Crippen LogP contribution in [0.2, 0.25) is 0 Å². The Labute approximate surface area is 154 Å². The number of alkyl halides is 1. The standard InChI is InChI=1S/C18H16F3N3O3.2H2/c1-9(12-4-2-11(20)7-14(12)21)22-16(25)8-24-17(26)13-6-10(19)3-5-15(13)23-18(24)27;;/h2-7,9,12,14H,8H2,1H3,(H,22,25)(H,23,27);2*1H/t9-,12?,14?;;/m0../s1. The smallest absolute Gasteiger partial charge is 0.329 e. The third-order valence-corrected chi connectivity index (χ3v) is 4.38. The van der Waals surface area contributed by atoms with Crippen LogP contribution >= 0.6 is 0 Å². The van der Waals surface area contributed by atoms with Gasteiger partial charge >= 0.3 is 5.69 Å². The number of H-pyrrole nitrogens is 1. The second kappa shape index (κ2) is 7.26. The number of nitrogens with one attached hydrogen (secondary N) is 2. The van der Waals surface area contributed by atoms with E-state index in [2.05, 4.69) is 10.3 Å². The highest BCUT2D eigenvalue weighted by Gasteiger charge is 2.27. The first-order chi connectivity index (χ1) is 12.8. The third kappa shape index (κ3) is 3.86. The van der Waals surface area contributed by atoms with Crippen LogP contribution in [0.5, 0.6) is 0 Å². The van der Waals surface area contributed by atoms with Gasteiger partial charge in [0.25, 0.3) is 5.56 Å². The normalized spacial score (nSPS) is 20.4. The molecule has 0 saturated carbocycles.